The van der Waals surface area contributed by atoms with Crippen LogP contribution in [0.4, 0.5) is 0 Å². The van der Waals surface area contributed by atoms with E-state index in [1.807, 2.05) is 11.4 Å². The van der Waals surface area contributed by atoms with Crippen molar-refractivity contribution >= 4 is 33.2 Å². The molecule has 0 aliphatic carbocycles. The summed E-state index contributed by atoms with van der Waals surface area (Å²) in [7, 11) is 0. The van der Waals surface area contributed by atoms with Crippen molar-refractivity contribution in [1.29, 1.82) is 0 Å². The number of H-pyrrole nitrogens is 2. The molecule has 3 N–H and O–H groups in total. The third-order valence-corrected chi connectivity index (χ3v) is 3.99. The Morgan fingerprint density at radius 1 is 1.47 bits per heavy atom. The lowest BCUT2D eigenvalue weighted by Gasteiger charge is -1.97. The fourth-order valence-electron chi connectivity index (χ4n) is 1.51. The summed E-state index contributed by atoms with van der Waals surface area (Å²) in [4.78, 5) is 23.0. The number of nitrogens with one attached hydrogen (secondary N) is 2. The maximum absolute atomic E-state index is 11.5. The fourth-order valence-corrected chi connectivity index (χ4v) is 2.96. The van der Waals surface area contributed by atoms with Gasteiger partial charge in [0.2, 0.25) is 0 Å². The highest BCUT2D eigenvalue weighted by atomic mass is 79.9. The Hall–Kier alpha value is -1.34. The molecule has 90 valence electrons. The van der Waals surface area contributed by atoms with Gasteiger partial charge in [0.1, 0.15) is 0 Å². The van der Waals surface area contributed by atoms with E-state index < -0.39 is 5.97 Å². The molecule has 0 amide bonds. The number of hydrogen-bond donors (Lipinski definition) is 3. The van der Waals surface area contributed by atoms with Crippen LogP contribution in [0.5, 0.6) is 0 Å². The van der Waals surface area contributed by atoms with Crippen molar-refractivity contribution in [2.45, 2.75) is 12.8 Å². The highest BCUT2D eigenvalue weighted by Gasteiger charge is 2.14. The van der Waals surface area contributed by atoms with Gasteiger partial charge < -0.3 is 5.11 Å². The largest absolute Gasteiger partial charge is 0.481 e. The van der Waals surface area contributed by atoms with Crippen molar-refractivity contribution < 1.29 is 9.90 Å². The van der Waals surface area contributed by atoms with Crippen molar-refractivity contribution in [2.24, 2.45) is 0 Å². The van der Waals surface area contributed by atoms with Crippen LogP contribution >= 0.6 is 27.3 Å². The molecule has 0 spiro atoms. The van der Waals surface area contributed by atoms with Crippen LogP contribution in [-0.4, -0.2) is 21.3 Å². The minimum atomic E-state index is -0.913. The smallest absolute Gasteiger partial charge is 0.303 e. The Morgan fingerprint density at radius 3 is 2.82 bits per heavy atom. The predicted octanol–water partition coefficient (Wildman–Crippen LogP) is 2.21. The Balaban J connectivity index is 2.35. The van der Waals surface area contributed by atoms with Crippen LogP contribution in [-0.2, 0) is 11.2 Å². The van der Waals surface area contributed by atoms with Gasteiger partial charge in [0.25, 0.3) is 5.56 Å². The van der Waals surface area contributed by atoms with E-state index in [1.165, 1.54) is 11.3 Å². The first-order valence-corrected chi connectivity index (χ1v) is 6.51. The Morgan fingerprint density at radius 2 is 2.24 bits per heavy atom. The third kappa shape index (κ3) is 2.67. The van der Waals surface area contributed by atoms with Crippen LogP contribution in [0.15, 0.2) is 20.7 Å². The van der Waals surface area contributed by atoms with E-state index >= 15 is 0 Å². The number of thiophene rings is 1. The number of carboxylic acids is 1. The van der Waals surface area contributed by atoms with E-state index in [2.05, 4.69) is 26.1 Å². The van der Waals surface area contributed by atoms with Crippen LogP contribution in [0.2, 0.25) is 0 Å². The first kappa shape index (κ1) is 12.1. The molecule has 0 saturated heterocycles. The van der Waals surface area contributed by atoms with Gasteiger partial charge in [-0.15, -0.1) is 11.3 Å². The molecular weight excluding hydrogens is 308 g/mol. The normalized spacial score (nSPS) is 10.6. The Bertz CT molecular complexity index is 599. The van der Waals surface area contributed by atoms with Crippen LogP contribution in [0.25, 0.3) is 10.6 Å². The van der Waals surface area contributed by atoms with E-state index in [1.54, 1.807) is 0 Å². The summed E-state index contributed by atoms with van der Waals surface area (Å²) in [5.41, 5.74) is 0.902. The first-order chi connectivity index (χ1) is 8.08. The zero-order valence-electron chi connectivity index (χ0n) is 8.62. The number of carbonyl (C=O) groups is 1. The highest BCUT2D eigenvalue weighted by Crippen LogP contribution is 2.29. The quantitative estimate of drug-likeness (QED) is 0.808. The van der Waals surface area contributed by atoms with Gasteiger partial charge >= 0.3 is 5.97 Å². The summed E-state index contributed by atoms with van der Waals surface area (Å²) >= 11 is 4.82. The molecule has 0 aromatic carbocycles. The SMILES string of the molecule is O=C(O)CCc1c(-c2cc(Br)cs2)[nH][nH]c1=O. The standard InChI is InChI=1S/C10H9BrN2O3S/c11-5-3-7(17-4-5)9-6(1-2-8(14)15)10(16)13-12-9/h3-4H,1-2H2,(H,14,15)(H2,12,13,16). The van der Waals surface area contributed by atoms with E-state index in [4.69, 9.17) is 5.11 Å². The van der Waals surface area contributed by atoms with E-state index in [0.29, 0.717) is 11.3 Å². The molecule has 0 radical (unpaired) electrons. The minimum absolute atomic E-state index is 0.0551. The zero-order chi connectivity index (χ0) is 12.4. The van der Waals surface area contributed by atoms with Gasteiger partial charge in [-0.3, -0.25) is 19.8 Å². The van der Waals surface area contributed by atoms with E-state index in [0.717, 1.165) is 9.35 Å². The maximum atomic E-state index is 11.5. The summed E-state index contributed by atoms with van der Waals surface area (Å²) in [5.74, 6) is -0.913. The lowest BCUT2D eigenvalue weighted by molar-refractivity contribution is -0.136. The van der Waals surface area contributed by atoms with Crippen LogP contribution in [0, 0.1) is 0 Å². The van der Waals surface area contributed by atoms with E-state index in [9.17, 15) is 9.59 Å². The molecule has 0 atom stereocenters. The van der Waals surface area contributed by atoms with Crippen molar-refractivity contribution in [3.63, 3.8) is 0 Å². The van der Waals surface area contributed by atoms with Crippen LogP contribution < -0.4 is 5.56 Å². The Labute approximate surface area is 109 Å². The van der Waals surface area contributed by atoms with Gasteiger partial charge in [-0.05, 0) is 28.4 Å². The van der Waals surface area contributed by atoms with Gasteiger partial charge in [-0.2, -0.15) is 0 Å². The summed E-state index contributed by atoms with van der Waals surface area (Å²) in [6.07, 6.45) is 0.166. The summed E-state index contributed by atoms with van der Waals surface area (Å²) < 4.78 is 0.934. The highest BCUT2D eigenvalue weighted by molar-refractivity contribution is 9.10. The molecule has 5 nitrogen and oxygen atoms in total. The Kier molecular flexibility index (Phi) is 3.49. The van der Waals surface area contributed by atoms with Crippen molar-refractivity contribution in [1.82, 2.24) is 10.2 Å². The van der Waals surface area contributed by atoms with Gasteiger partial charge in [0, 0.05) is 21.8 Å². The van der Waals surface area contributed by atoms with E-state index in [-0.39, 0.29) is 18.4 Å². The molecule has 2 aromatic heterocycles. The molecule has 7 heteroatoms. The molecule has 0 aliphatic rings. The minimum Gasteiger partial charge on any atom is -0.481 e. The molecule has 2 heterocycles. The summed E-state index contributed by atoms with van der Waals surface area (Å²) in [6, 6.07) is 1.88. The molecule has 17 heavy (non-hydrogen) atoms. The molecule has 0 saturated carbocycles. The predicted molar refractivity (Wildman–Crippen MR) is 68.4 cm³/mol. The van der Waals surface area contributed by atoms with Crippen molar-refractivity contribution in [3.05, 3.63) is 31.8 Å². The second-order valence-corrected chi connectivity index (χ2v) is 5.28. The lowest BCUT2D eigenvalue weighted by Crippen LogP contribution is -2.08. The molecule has 2 rings (SSSR count). The van der Waals surface area contributed by atoms with Crippen LogP contribution in [0.1, 0.15) is 12.0 Å². The number of aliphatic carboxylic acids is 1. The summed E-state index contributed by atoms with van der Waals surface area (Å²) in [6.45, 7) is 0. The van der Waals surface area contributed by atoms with Gasteiger partial charge in [-0.1, -0.05) is 0 Å². The monoisotopic (exact) mass is 316 g/mol. The second-order valence-electron chi connectivity index (χ2n) is 3.46. The second kappa shape index (κ2) is 4.89. The average molecular weight is 317 g/mol. The third-order valence-electron chi connectivity index (χ3n) is 2.28. The maximum Gasteiger partial charge on any atom is 0.303 e. The molecule has 2 aromatic rings. The molecular formula is C10H9BrN2O3S. The number of aromatic amines is 2. The number of rotatable bonds is 4. The average Bonchev–Trinajstić information content (AvgIpc) is 2.82. The van der Waals surface area contributed by atoms with Gasteiger partial charge in [0.15, 0.2) is 0 Å². The molecule has 0 unspecified atom stereocenters. The fraction of sp³-hybridized carbons (Fsp3) is 0.200. The number of hydrogen-bond acceptors (Lipinski definition) is 3. The van der Waals surface area contributed by atoms with Crippen molar-refractivity contribution in [3.8, 4) is 10.6 Å². The topological polar surface area (TPSA) is 85.9 Å². The van der Waals surface area contributed by atoms with Crippen molar-refractivity contribution in [2.75, 3.05) is 0 Å². The molecule has 0 aliphatic heterocycles. The van der Waals surface area contributed by atoms with Gasteiger partial charge in [0.05, 0.1) is 10.6 Å². The van der Waals surface area contributed by atoms with Crippen LogP contribution in [0.3, 0.4) is 0 Å². The number of halogens is 1. The molecule has 0 fully saturated rings. The number of carboxylic acid groups (broad SMARTS) is 1. The number of aromatic nitrogens is 2. The molecule has 0 bridgehead atoms. The zero-order valence-corrected chi connectivity index (χ0v) is 11.0. The summed E-state index contributed by atoms with van der Waals surface area (Å²) in [5, 5.41) is 15.8. The first-order valence-electron chi connectivity index (χ1n) is 4.83. The lowest BCUT2D eigenvalue weighted by atomic mass is 10.1. The van der Waals surface area contributed by atoms with Gasteiger partial charge in [-0.25, -0.2) is 0 Å².